The number of carboxylic acid groups (broad SMARTS) is 1. The molecule has 120 valence electrons. The zero-order valence-electron chi connectivity index (χ0n) is 12.0. The third kappa shape index (κ3) is 3.60. The van der Waals surface area contributed by atoms with E-state index in [2.05, 4.69) is 10.4 Å². The Morgan fingerprint density at radius 3 is 2.50 bits per heavy atom. The number of carboxylic acids is 1. The molecule has 9 heteroatoms. The molecule has 0 saturated heterocycles. The summed E-state index contributed by atoms with van der Waals surface area (Å²) in [6, 6.07) is 1.19. The first-order valence-electron chi connectivity index (χ1n) is 7.15. The van der Waals surface area contributed by atoms with Crippen LogP contribution in [-0.2, 0) is 16.1 Å². The molecule has 9 nitrogen and oxygen atoms in total. The number of hydrogen-bond acceptors (Lipinski definition) is 5. The van der Waals surface area contributed by atoms with Crippen LogP contribution >= 0.6 is 0 Å². The summed E-state index contributed by atoms with van der Waals surface area (Å²) in [6.07, 6.45) is 5.52. The molecule has 1 aromatic rings. The molecule has 1 aromatic heterocycles. The largest absolute Gasteiger partial charge is 0.480 e. The van der Waals surface area contributed by atoms with Crippen molar-refractivity contribution in [1.82, 2.24) is 15.1 Å². The standard InChI is InChI=1S/C13H18N4O5/c18-11(9-16-8-5-10(15-16)17(21)22)14-13(12(19)20)6-3-1-2-4-7-13/h5,8H,1-4,6-7,9H2,(H,14,18)(H,19,20). The van der Waals surface area contributed by atoms with Gasteiger partial charge in [0, 0.05) is 0 Å². The average Bonchev–Trinajstić information content (AvgIpc) is 2.77. The van der Waals surface area contributed by atoms with E-state index in [0.29, 0.717) is 12.8 Å². The van der Waals surface area contributed by atoms with Gasteiger partial charge in [0.2, 0.25) is 5.91 Å². The lowest BCUT2D eigenvalue weighted by Crippen LogP contribution is -2.55. The fourth-order valence-corrected chi connectivity index (χ4v) is 2.71. The monoisotopic (exact) mass is 310 g/mol. The summed E-state index contributed by atoms with van der Waals surface area (Å²) < 4.78 is 1.12. The summed E-state index contributed by atoms with van der Waals surface area (Å²) in [5, 5.41) is 26.3. The maximum absolute atomic E-state index is 12.1. The number of amides is 1. The van der Waals surface area contributed by atoms with Crippen LogP contribution in [0.2, 0.25) is 0 Å². The van der Waals surface area contributed by atoms with Gasteiger partial charge < -0.3 is 20.5 Å². The van der Waals surface area contributed by atoms with Gasteiger partial charge in [0.1, 0.15) is 12.1 Å². The molecule has 0 bridgehead atoms. The van der Waals surface area contributed by atoms with Crippen LogP contribution in [-0.4, -0.2) is 37.2 Å². The minimum Gasteiger partial charge on any atom is -0.480 e. The predicted molar refractivity (Wildman–Crippen MR) is 75.1 cm³/mol. The minimum atomic E-state index is -1.24. The molecule has 0 unspecified atom stereocenters. The zero-order valence-corrected chi connectivity index (χ0v) is 12.0. The molecule has 0 radical (unpaired) electrons. The molecule has 0 aliphatic heterocycles. The third-order valence-corrected chi connectivity index (χ3v) is 3.86. The van der Waals surface area contributed by atoms with Crippen molar-refractivity contribution in [3.05, 3.63) is 22.4 Å². The van der Waals surface area contributed by atoms with E-state index in [1.165, 1.54) is 12.3 Å². The Morgan fingerprint density at radius 1 is 1.36 bits per heavy atom. The van der Waals surface area contributed by atoms with Crippen molar-refractivity contribution in [2.24, 2.45) is 0 Å². The van der Waals surface area contributed by atoms with Gasteiger partial charge in [-0.15, -0.1) is 0 Å². The Balaban J connectivity index is 2.04. The first-order valence-corrected chi connectivity index (χ1v) is 7.15. The van der Waals surface area contributed by atoms with Crippen LogP contribution in [0.3, 0.4) is 0 Å². The highest BCUT2D eigenvalue weighted by atomic mass is 16.6. The highest BCUT2D eigenvalue weighted by Crippen LogP contribution is 2.27. The highest BCUT2D eigenvalue weighted by molar-refractivity contribution is 5.86. The molecule has 1 aliphatic carbocycles. The molecule has 1 saturated carbocycles. The van der Waals surface area contributed by atoms with E-state index in [1.54, 1.807) is 0 Å². The molecule has 22 heavy (non-hydrogen) atoms. The maximum atomic E-state index is 12.1. The number of aromatic nitrogens is 2. The molecule has 1 aliphatic rings. The van der Waals surface area contributed by atoms with Gasteiger partial charge in [-0.2, -0.15) is 4.68 Å². The van der Waals surface area contributed by atoms with Gasteiger partial charge in [0.05, 0.1) is 17.4 Å². The van der Waals surface area contributed by atoms with Crippen LogP contribution in [0.1, 0.15) is 38.5 Å². The van der Waals surface area contributed by atoms with E-state index in [9.17, 15) is 24.8 Å². The first-order chi connectivity index (χ1) is 10.4. The Hall–Kier alpha value is -2.45. The van der Waals surface area contributed by atoms with Gasteiger partial charge in [0.15, 0.2) is 0 Å². The molecule has 1 amide bonds. The van der Waals surface area contributed by atoms with Crippen molar-refractivity contribution in [3.63, 3.8) is 0 Å². The van der Waals surface area contributed by atoms with E-state index in [-0.39, 0.29) is 12.4 Å². The number of rotatable bonds is 5. The summed E-state index contributed by atoms with van der Waals surface area (Å²) in [4.78, 5) is 33.6. The van der Waals surface area contributed by atoms with E-state index in [4.69, 9.17) is 0 Å². The van der Waals surface area contributed by atoms with Gasteiger partial charge in [-0.05, 0) is 17.8 Å². The van der Waals surface area contributed by atoms with Crippen molar-refractivity contribution in [2.75, 3.05) is 0 Å². The SMILES string of the molecule is O=C(Cn1ccc([N+](=O)[O-])n1)NC1(C(=O)O)CCCCCC1. The van der Waals surface area contributed by atoms with E-state index < -0.39 is 22.3 Å². The predicted octanol–water partition coefficient (Wildman–Crippen LogP) is 1.09. The highest BCUT2D eigenvalue weighted by Gasteiger charge is 2.40. The number of carbonyl (C=O) groups is 2. The minimum absolute atomic E-state index is 0.247. The number of hydrogen-bond donors (Lipinski definition) is 2. The first kappa shape index (κ1) is 15.9. The van der Waals surface area contributed by atoms with Gasteiger partial charge >= 0.3 is 11.8 Å². The second kappa shape index (κ2) is 6.54. The van der Waals surface area contributed by atoms with Crippen molar-refractivity contribution in [1.29, 1.82) is 0 Å². The number of carbonyl (C=O) groups excluding carboxylic acids is 1. The lowest BCUT2D eigenvalue weighted by Gasteiger charge is -2.29. The van der Waals surface area contributed by atoms with Crippen molar-refractivity contribution >= 4 is 17.7 Å². The summed E-state index contributed by atoms with van der Waals surface area (Å²) >= 11 is 0. The lowest BCUT2D eigenvalue weighted by atomic mass is 9.90. The number of nitrogens with zero attached hydrogens (tertiary/aromatic N) is 3. The average molecular weight is 310 g/mol. The van der Waals surface area contributed by atoms with Crippen LogP contribution in [0.25, 0.3) is 0 Å². The molecule has 0 atom stereocenters. The van der Waals surface area contributed by atoms with Crippen molar-refractivity contribution < 1.29 is 19.6 Å². The smallest absolute Gasteiger partial charge is 0.389 e. The molecule has 2 N–H and O–H groups in total. The summed E-state index contributed by atoms with van der Waals surface area (Å²) in [6.45, 7) is -0.247. The molecule has 1 fully saturated rings. The molecule has 1 heterocycles. The van der Waals surface area contributed by atoms with Crippen molar-refractivity contribution in [3.8, 4) is 0 Å². The summed E-state index contributed by atoms with van der Waals surface area (Å²) in [7, 11) is 0. The van der Waals surface area contributed by atoms with Gasteiger partial charge in [0.25, 0.3) is 0 Å². The molecular formula is C13H18N4O5. The fourth-order valence-electron chi connectivity index (χ4n) is 2.71. The summed E-state index contributed by atoms with van der Waals surface area (Å²) in [5.41, 5.74) is -1.24. The number of nitrogens with one attached hydrogen (secondary N) is 1. The maximum Gasteiger partial charge on any atom is 0.389 e. The van der Waals surface area contributed by atoms with Crippen LogP contribution in [0.5, 0.6) is 0 Å². The number of nitro groups is 1. The zero-order chi connectivity index (χ0) is 16.2. The van der Waals surface area contributed by atoms with Crippen LogP contribution in [0.4, 0.5) is 5.82 Å². The Morgan fingerprint density at radius 2 is 2.00 bits per heavy atom. The molecule has 0 aromatic carbocycles. The molecule has 2 rings (SSSR count). The van der Waals surface area contributed by atoms with E-state index >= 15 is 0 Å². The Bertz CT molecular complexity index is 575. The van der Waals surface area contributed by atoms with Crippen LogP contribution in [0.15, 0.2) is 12.3 Å². The normalized spacial score (nSPS) is 17.5. The van der Waals surface area contributed by atoms with Crippen LogP contribution < -0.4 is 5.32 Å². The second-order valence-corrected chi connectivity index (χ2v) is 5.48. The summed E-state index contributed by atoms with van der Waals surface area (Å²) in [5.74, 6) is -1.90. The quantitative estimate of drug-likeness (QED) is 0.476. The Kier molecular flexibility index (Phi) is 4.74. The van der Waals surface area contributed by atoms with Crippen LogP contribution in [0, 0.1) is 10.1 Å². The Labute approximate surface area is 126 Å². The van der Waals surface area contributed by atoms with Gasteiger partial charge in [-0.1, -0.05) is 25.7 Å². The van der Waals surface area contributed by atoms with Gasteiger partial charge in [-0.3, -0.25) is 4.79 Å². The number of aliphatic carboxylic acids is 1. The second-order valence-electron chi connectivity index (χ2n) is 5.48. The molecule has 0 spiro atoms. The lowest BCUT2D eigenvalue weighted by molar-refractivity contribution is -0.389. The van der Waals surface area contributed by atoms with Gasteiger partial charge in [-0.25, -0.2) is 4.79 Å². The topological polar surface area (TPSA) is 127 Å². The molecular weight excluding hydrogens is 292 g/mol. The van der Waals surface area contributed by atoms with E-state index in [0.717, 1.165) is 30.4 Å². The fraction of sp³-hybridized carbons (Fsp3) is 0.615. The van der Waals surface area contributed by atoms with Crippen molar-refractivity contribution in [2.45, 2.75) is 50.6 Å². The third-order valence-electron chi connectivity index (χ3n) is 3.86. The van der Waals surface area contributed by atoms with E-state index in [1.807, 2.05) is 0 Å².